The summed E-state index contributed by atoms with van der Waals surface area (Å²) in [5.74, 6) is -0.173. The molecule has 1 spiro atoms. The Hall–Kier alpha value is -2.20. The SMILES string of the molecule is CC(C)N1CC2(CCN(C(=O)Cc3cccc(F)c3)CC2)[C@H]1c1ccccc1. The second kappa shape index (κ2) is 7.67. The third-order valence-corrected chi connectivity index (χ3v) is 6.54. The summed E-state index contributed by atoms with van der Waals surface area (Å²) in [6.07, 6.45) is 2.35. The molecule has 148 valence electrons. The fraction of sp³-hybridized carbons (Fsp3) is 0.458. The summed E-state index contributed by atoms with van der Waals surface area (Å²) in [5.41, 5.74) is 2.41. The van der Waals surface area contributed by atoms with Crippen molar-refractivity contribution in [3.63, 3.8) is 0 Å². The maximum Gasteiger partial charge on any atom is 0.226 e. The normalized spacial score (nSPS) is 21.7. The van der Waals surface area contributed by atoms with Crippen LogP contribution < -0.4 is 0 Å². The van der Waals surface area contributed by atoms with Crippen molar-refractivity contribution in [1.29, 1.82) is 0 Å². The third-order valence-electron chi connectivity index (χ3n) is 6.54. The van der Waals surface area contributed by atoms with Gasteiger partial charge in [0.1, 0.15) is 5.82 Å². The maximum atomic E-state index is 13.4. The van der Waals surface area contributed by atoms with E-state index in [9.17, 15) is 9.18 Å². The lowest BCUT2D eigenvalue weighted by Crippen LogP contribution is -2.64. The van der Waals surface area contributed by atoms with E-state index < -0.39 is 0 Å². The van der Waals surface area contributed by atoms with Crippen LogP contribution in [0.4, 0.5) is 4.39 Å². The summed E-state index contributed by atoms with van der Waals surface area (Å²) in [5, 5.41) is 0. The fourth-order valence-electron chi connectivity index (χ4n) is 5.01. The Balaban J connectivity index is 1.43. The highest BCUT2D eigenvalue weighted by Crippen LogP contribution is 2.55. The molecule has 1 atom stereocenters. The molecule has 0 N–H and O–H groups in total. The summed E-state index contributed by atoms with van der Waals surface area (Å²) in [7, 11) is 0. The number of hydrogen-bond acceptors (Lipinski definition) is 2. The molecular formula is C24H29FN2O. The lowest BCUT2D eigenvalue weighted by Gasteiger charge is -2.62. The molecule has 2 fully saturated rings. The van der Waals surface area contributed by atoms with Crippen molar-refractivity contribution in [2.24, 2.45) is 5.41 Å². The molecule has 2 heterocycles. The van der Waals surface area contributed by atoms with Crippen molar-refractivity contribution in [2.45, 2.75) is 45.2 Å². The second-order valence-corrected chi connectivity index (χ2v) is 8.63. The zero-order valence-electron chi connectivity index (χ0n) is 16.8. The van der Waals surface area contributed by atoms with Crippen LogP contribution in [0.5, 0.6) is 0 Å². The largest absolute Gasteiger partial charge is 0.342 e. The highest BCUT2D eigenvalue weighted by Gasteiger charge is 2.54. The first kappa shape index (κ1) is 19.1. The predicted octanol–water partition coefficient (Wildman–Crippen LogP) is 4.44. The standard InChI is InChI=1S/C24H29FN2O/c1-18(2)27-17-24(23(27)20-8-4-3-5-9-20)11-13-26(14-12-24)22(28)16-19-7-6-10-21(25)15-19/h3-10,15,18,23H,11-14,16-17H2,1-2H3/t23-/m1/s1. The van der Waals surface area contributed by atoms with E-state index >= 15 is 0 Å². The molecule has 2 saturated heterocycles. The van der Waals surface area contributed by atoms with Gasteiger partial charge in [0.15, 0.2) is 0 Å². The lowest BCUT2D eigenvalue weighted by atomic mass is 9.62. The van der Waals surface area contributed by atoms with Crippen LogP contribution in [0.2, 0.25) is 0 Å². The Bertz CT molecular complexity index is 828. The number of rotatable bonds is 4. The van der Waals surface area contributed by atoms with E-state index in [1.807, 2.05) is 11.0 Å². The van der Waals surface area contributed by atoms with Crippen LogP contribution in [-0.4, -0.2) is 41.4 Å². The van der Waals surface area contributed by atoms with E-state index in [0.29, 0.717) is 12.1 Å². The predicted molar refractivity (Wildman–Crippen MR) is 109 cm³/mol. The van der Waals surface area contributed by atoms with Crippen molar-refractivity contribution in [3.8, 4) is 0 Å². The van der Waals surface area contributed by atoms with Gasteiger partial charge in [-0.25, -0.2) is 4.39 Å². The summed E-state index contributed by atoms with van der Waals surface area (Å²) in [4.78, 5) is 17.3. The van der Waals surface area contributed by atoms with Gasteiger partial charge in [-0.15, -0.1) is 0 Å². The zero-order chi connectivity index (χ0) is 19.7. The molecule has 2 aromatic rings. The van der Waals surface area contributed by atoms with Gasteiger partial charge in [0, 0.05) is 37.1 Å². The Kier molecular flexibility index (Phi) is 5.24. The Morgan fingerprint density at radius 3 is 2.46 bits per heavy atom. The average molecular weight is 381 g/mol. The van der Waals surface area contributed by atoms with Crippen LogP contribution in [0.3, 0.4) is 0 Å². The van der Waals surface area contributed by atoms with Crippen molar-refractivity contribution in [1.82, 2.24) is 9.80 Å². The van der Waals surface area contributed by atoms with E-state index in [1.165, 1.54) is 17.7 Å². The van der Waals surface area contributed by atoms with Gasteiger partial charge in [0.25, 0.3) is 0 Å². The molecule has 0 bridgehead atoms. The number of amides is 1. The first-order valence-electron chi connectivity index (χ1n) is 10.3. The van der Waals surface area contributed by atoms with Gasteiger partial charge in [-0.3, -0.25) is 9.69 Å². The molecule has 2 aromatic carbocycles. The number of nitrogens with zero attached hydrogens (tertiary/aromatic N) is 2. The van der Waals surface area contributed by atoms with Crippen LogP contribution in [0.1, 0.15) is 43.9 Å². The first-order valence-corrected chi connectivity index (χ1v) is 10.3. The third kappa shape index (κ3) is 3.58. The molecule has 4 rings (SSSR count). The number of halogens is 1. The van der Waals surface area contributed by atoms with Gasteiger partial charge < -0.3 is 4.90 Å². The highest BCUT2D eigenvalue weighted by molar-refractivity contribution is 5.78. The summed E-state index contributed by atoms with van der Waals surface area (Å²) in [6.45, 7) is 7.23. The molecular weight excluding hydrogens is 351 g/mol. The van der Waals surface area contributed by atoms with Crippen LogP contribution in [0.15, 0.2) is 54.6 Å². The molecule has 0 unspecified atom stereocenters. The Morgan fingerprint density at radius 2 is 1.82 bits per heavy atom. The van der Waals surface area contributed by atoms with Crippen molar-refractivity contribution in [3.05, 3.63) is 71.5 Å². The molecule has 2 aliphatic rings. The van der Waals surface area contributed by atoms with Gasteiger partial charge in [0.05, 0.1) is 6.42 Å². The van der Waals surface area contributed by atoms with Crippen LogP contribution in [0, 0.1) is 11.2 Å². The van der Waals surface area contributed by atoms with Crippen molar-refractivity contribution >= 4 is 5.91 Å². The molecule has 0 saturated carbocycles. The van der Waals surface area contributed by atoms with Crippen LogP contribution >= 0.6 is 0 Å². The van der Waals surface area contributed by atoms with Gasteiger partial charge in [-0.1, -0.05) is 42.5 Å². The maximum absolute atomic E-state index is 13.4. The summed E-state index contributed by atoms with van der Waals surface area (Å²) >= 11 is 0. The van der Waals surface area contributed by atoms with Gasteiger partial charge in [-0.05, 0) is 49.9 Å². The molecule has 0 aliphatic carbocycles. The van der Waals surface area contributed by atoms with Crippen LogP contribution in [0.25, 0.3) is 0 Å². The fourth-order valence-corrected chi connectivity index (χ4v) is 5.01. The number of likely N-dealkylation sites (tertiary alicyclic amines) is 2. The lowest BCUT2D eigenvalue weighted by molar-refractivity contribution is -0.147. The number of benzene rings is 2. The minimum Gasteiger partial charge on any atom is -0.342 e. The molecule has 28 heavy (non-hydrogen) atoms. The number of piperidine rings is 1. The van der Waals surface area contributed by atoms with Crippen molar-refractivity contribution in [2.75, 3.05) is 19.6 Å². The summed E-state index contributed by atoms with van der Waals surface area (Å²) < 4.78 is 13.4. The van der Waals surface area contributed by atoms with E-state index in [1.54, 1.807) is 6.07 Å². The highest BCUT2D eigenvalue weighted by atomic mass is 19.1. The van der Waals surface area contributed by atoms with E-state index in [2.05, 4.69) is 49.1 Å². The summed E-state index contributed by atoms with van der Waals surface area (Å²) in [6, 6.07) is 18.1. The Morgan fingerprint density at radius 1 is 1.11 bits per heavy atom. The topological polar surface area (TPSA) is 23.6 Å². The van der Waals surface area contributed by atoms with Crippen molar-refractivity contribution < 1.29 is 9.18 Å². The van der Waals surface area contributed by atoms with Gasteiger partial charge >= 0.3 is 0 Å². The van der Waals surface area contributed by atoms with Crippen LogP contribution in [-0.2, 0) is 11.2 Å². The molecule has 2 aliphatic heterocycles. The first-order chi connectivity index (χ1) is 13.5. The van der Waals surface area contributed by atoms with Gasteiger partial charge in [-0.2, -0.15) is 0 Å². The zero-order valence-corrected chi connectivity index (χ0v) is 16.8. The van der Waals surface area contributed by atoms with E-state index in [4.69, 9.17) is 0 Å². The molecule has 0 radical (unpaired) electrons. The minimum absolute atomic E-state index is 0.108. The number of carbonyl (C=O) groups is 1. The monoisotopic (exact) mass is 380 g/mol. The number of carbonyl (C=O) groups excluding carboxylic acids is 1. The molecule has 4 heteroatoms. The minimum atomic E-state index is -0.281. The molecule has 0 aromatic heterocycles. The molecule has 1 amide bonds. The van der Waals surface area contributed by atoms with E-state index in [-0.39, 0.29) is 23.6 Å². The van der Waals surface area contributed by atoms with Gasteiger partial charge in [0.2, 0.25) is 5.91 Å². The second-order valence-electron chi connectivity index (χ2n) is 8.63. The smallest absolute Gasteiger partial charge is 0.226 e. The molecule has 3 nitrogen and oxygen atoms in total. The average Bonchev–Trinajstić information content (AvgIpc) is 2.67. The number of hydrogen-bond donors (Lipinski definition) is 0. The quantitative estimate of drug-likeness (QED) is 0.783. The van der Waals surface area contributed by atoms with E-state index in [0.717, 1.165) is 38.0 Å². The Labute approximate surface area is 167 Å².